The van der Waals surface area contributed by atoms with Gasteiger partial charge in [-0.25, -0.2) is 14.4 Å². The van der Waals surface area contributed by atoms with Gasteiger partial charge in [0.15, 0.2) is 0 Å². The Labute approximate surface area is 209 Å². The number of rotatable bonds is 13. The van der Waals surface area contributed by atoms with Gasteiger partial charge < -0.3 is 18.9 Å². The van der Waals surface area contributed by atoms with Gasteiger partial charge in [-0.1, -0.05) is 28.1 Å². The van der Waals surface area contributed by atoms with Crippen molar-refractivity contribution in [2.75, 3.05) is 19.7 Å². The second-order valence-electron chi connectivity index (χ2n) is 7.17. The predicted molar refractivity (Wildman–Crippen MR) is 128 cm³/mol. The molecule has 1 rings (SSSR count). The summed E-state index contributed by atoms with van der Waals surface area (Å²) in [6.45, 7) is 4.96. The third-order valence-corrected chi connectivity index (χ3v) is 5.51. The van der Waals surface area contributed by atoms with E-state index < -0.39 is 56.9 Å². The number of carbonyl (C=O) groups is 2. The van der Waals surface area contributed by atoms with Gasteiger partial charge in [0.25, 0.3) is 5.56 Å². The van der Waals surface area contributed by atoms with Crippen LogP contribution in [0.1, 0.15) is 33.3 Å². The lowest BCUT2D eigenvalue weighted by molar-refractivity contribution is -0.0298. The van der Waals surface area contributed by atoms with E-state index in [4.69, 9.17) is 18.5 Å². The van der Waals surface area contributed by atoms with Gasteiger partial charge in [0, 0.05) is 12.7 Å². The number of halogens is 1. The Bertz CT molecular complexity index is 1030. The lowest BCUT2D eigenvalue weighted by Crippen LogP contribution is -2.30. The molecule has 0 atom stereocenters. The van der Waals surface area contributed by atoms with E-state index in [1.165, 1.54) is 34.0 Å². The SMILES string of the molecule is CC(C)OC(=O)OCOP(=O)(C/C=C/Cn1cc(/C=C/Br)c(=O)[nH]c1=O)OCOC(=O)OC(C)C. The predicted octanol–water partition coefficient (Wildman–Crippen LogP) is 3.72. The molecule has 0 amide bonds. The third kappa shape index (κ3) is 12.6. The molecule has 1 N–H and O–H groups in total. The molecule has 15 heteroatoms. The van der Waals surface area contributed by atoms with Crippen LogP contribution >= 0.6 is 23.5 Å². The minimum Gasteiger partial charge on any atom is -0.432 e. The normalized spacial score (nSPS) is 12.0. The maximum absolute atomic E-state index is 13.0. The van der Waals surface area contributed by atoms with Crippen molar-refractivity contribution < 1.29 is 42.1 Å². The van der Waals surface area contributed by atoms with Crippen LogP contribution in [-0.2, 0) is 39.1 Å². The standard InChI is InChI=1S/C20H28BrN2O11P/c1-14(2)33-19(26)29-12-31-35(28,32-13-30-20(27)34-15(3)4)10-6-5-9-23-11-16(7-8-21)17(24)22-18(23)25/h5-8,11,14-15H,9-10,12-13H2,1-4H3,(H,22,24,25)/b6-5+,8-7+. The minimum absolute atomic E-state index is 0.0210. The van der Waals surface area contributed by atoms with Crippen molar-refractivity contribution in [3.8, 4) is 0 Å². The molecular weight excluding hydrogens is 555 g/mol. The van der Waals surface area contributed by atoms with E-state index in [-0.39, 0.29) is 18.3 Å². The number of nitrogens with one attached hydrogen (secondary N) is 1. The first kappa shape index (κ1) is 30.4. The lowest BCUT2D eigenvalue weighted by atomic mass is 10.3. The van der Waals surface area contributed by atoms with Gasteiger partial charge in [-0.15, -0.1) is 0 Å². The number of ether oxygens (including phenoxy) is 4. The maximum Gasteiger partial charge on any atom is 0.510 e. The van der Waals surface area contributed by atoms with Gasteiger partial charge in [-0.3, -0.25) is 28.0 Å². The zero-order valence-electron chi connectivity index (χ0n) is 19.6. The number of nitrogens with zero attached hydrogens (tertiary/aromatic N) is 1. The van der Waals surface area contributed by atoms with Crippen molar-refractivity contribution >= 4 is 41.9 Å². The first-order chi connectivity index (χ1) is 16.5. The molecule has 0 saturated heterocycles. The fourth-order valence-electron chi connectivity index (χ4n) is 2.15. The fraction of sp³-hybridized carbons (Fsp3) is 0.500. The van der Waals surface area contributed by atoms with Crippen LogP contribution in [-0.4, -0.2) is 53.8 Å². The fourth-order valence-corrected chi connectivity index (χ4v) is 3.55. The molecule has 0 saturated carbocycles. The highest BCUT2D eigenvalue weighted by molar-refractivity contribution is 9.11. The van der Waals surface area contributed by atoms with Crippen molar-refractivity contribution in [3.63, 3.8) is 0 Å². The van der Waals surface area contributed by atoms with Gasteiger partial charge >= 0.3 is 25.6 Å². The number of aromatic amines is 1. The Morgan fingerprint density at radius 1 is 1.03 bits per heavy atom. The maximum atomic E-state index is 13.0. The molecule has 1 aromatic rings. The number of hydrogen-bond acceptors (Lipinski definition) is 11. The van der Waals surface area contributed by atoms with Crippen molar-refractivity contribution in [1.29, 1.82) is 0 Å². The van der Waals surface area contributed by atoms with E-state index in [0.29, 0.717) is 0 Å². The Kier molecular flexibility index (Phi) is 13.3. The summed E-state index contributed by atoms with van der Waals surface area (Å²) in [7, 11) is -3.98. The van der Waals surface area contributed by atoms with E-state index >= 15 is 0 Å². The Balaban J connectivity index is 2.81. The molecular formula is C20H28BrN2O11P. The van der Waals surface area contributed by atoms with E-state index in [1.54, 1.807) is 27.7 Å². The molecule has 0 aliphatic carbocycles. The second kappa shape index (κ2) is 15.4. The molecule has 0 aliphatic heterocycles. The van der Waals surface area contributed by atoms with Crippen LogP contribution in [0.2, 0.25) is 0 Å². The zero-order chi connectivity index (χ0) is 26.4. The van der Waals surface area contributed by atoms with Crippen LogP contribution in [0.5, 0.6) is 0 Å². The van der Waals surface area contributed by atoms with E-state index in [9.17, 15) is 23.7 Å². The average molecular weight is 583 g/mol. The Hall–Kier alpha value is -2.67. The quantitative estimate of drug-likeness (QED) is 0.156. The van der Waals surface area contributed by atoms with Crippen molar-refractivity contribution in [3.05, 3.63) is 49.7 Å². The summed E-state index contributed by atoms with van der Waals surface area (Å²) in [5.74, 6) is 0. The first-order valence-electron chi connectivity index (χ1n) is 10.3. The van der Waals surface area contributed by atoms with Crippen molar-refractivity contribution in [2.45, 2.75) is 46.4 Å². The van der Waals surface area contributed by atoms with Gasteiger partial charge in [0.2, 0.25) is 13.6 Å². The van der Waals surface area contributed by atoms with Crippen molar-refractivity contribution in [2.24, 2.45) is 0 Å². The molecule has 0 bridgehead atoms. The smallest absolute Gasteiger partial charge is 0.432 e. The van der Waals surface area contributed by atoms with E-state index in [0.717, 1.165) is 0 Å². The highest BCUT2D eigenvalue weighted by Crippen LogP contribution is 2.48. The first-order valence-corrected chi connectivity index (χ1v) is 12.9. The number of carbonyl (C=O) groups excluding carboxylic acids is 2. The largest absolute Gasteiger partial charge is 0.510 e. The van der Waals surface area contributed by atoms with Gasteiger partial charge in [-0.05, 0) is 38.8 Å². The van der Waals surface area contributed by atoms with Gasteiger partial charge in [0.1, 0.15) is 0 Å². The number of allylic oxidation sites excluding steroid dienone is 2. The molecule has 0 unspecified atom stereocenters. The molecule has 0 aliphatic rings. The van der Waals surface area contributed by atoms with Crippen LogP contribution < -0.4 is 11.2 Å². The Morgan fingerprint density at radius 2 is 1.57 bits per heavy atom. The number of hydrogen-bond donors (Lipinski definition) is 1. The molecule has 0 fully saturated rings. The molecule has 1 aromatic heterocycles. The molecule has 35 heavy (non-hydrogen) atoms. The monoisotopic (exact) mass is 582 g/mol. The highest BCUT2D eigenvalue weighted by Gasteiger charge is 2.25. The van der Waals surface area contributed by atoms with Crippen LogP contribution in [0.3, 0.4) is 0 Å². The molecule has 0 spiro atoms. The molecule has 0 aromatic carbocycles. The number of H-pyrrole nitrogens is 1. The third-order valence-electron chi connectivity index (χ3n) is 3.59. The van der Waals surface area contributed by atoms with Gasteiger partial charge in [0.05, 0.1) is 23.9 Å². The van der Waals surface area contributed by atoms with Crippen LogP contribution in [0.4, 0.5) is 9.59 Å². The molecule has 1 heterocycles. The summed E-state index contributed by atoms with van der Waals surface area (Å²) < 4.78 is 43.3. The van der Waals surface area contributed by atoms with Crippen LogP contribution in [0.25, 0.3) is 6.08 Å². The molecule has 13 nitrogen and oxygen atoms in total. The van der Waals surface area contributed by atoms with E-state index in [2.05, 4.69) is 30.4 Å². The van der Waals surface area contributed by atoms with Gasteiger partial charge in [-0.2, -0.15) is 0 Å². The second-order valence-corrected chi connectivity index (χ2v) is 9.80. The summed E-state index contributed by atoms with van der Waals surface area (Å²) in [4.78, 5) is 50.3. The lowest BCUT2D eigenvalue weighted by Gasteiger charge is -2.17. The molecule has 0 radical (unpaired) electrons. The summed E-state index contributed by atoms with van der Waals surface area (Å²) >= 11 is 3.06. The summed E-state index contributed by atoms with van der Waals surface area (Å²) in [6.07, 6.45) is 2.39. The summed E-state index contributed by atoms with van der Waals surface area (Å²) in [6, 6.07) is 0. The van der Waals surface area contributed by atoms with Crippen molar-refractivity contribution in [1.82, 2.24) is 9.55 Å². The number of aromatic nitrogens is 2. The minimum atomic E-state index is -3.98. The zero-order valence-corrected chi connectivity index (χ0v) is 22.1. The topological polar surface area (TPSA) is 161 Å². The average Bonchev–Trinajstić information content (AvgIpc) is 2.73. The summed E-state index contributed by atoms with van der Waals surface area (Å²) in [5, 5.41) is 0. The van der Waals surface area contributed by atoms with Crippen LogP contribution in [0, 0.1) is 0 Å². The summed E-state index contributed by atoms with van der Waals surface area (Å²) in [5.41, 5.74) is -0.955. The van der Waals surface area contributed by atoms with Crippen LogP contribution in [0.15, 0.2) is 32.9 Å². The highest BCUT2D eigenvalue weighted by atomic mass is 79.9. The van der Waals surface area contributed by atoms with E-state index in [1.807, 2.05) is 0 Å². The Morgan fingerprint density at radius 3 is 2.06 bits per heavy atom. The molecule has 196 valence electrons.